The lowest BCUT2D eigenvalue weighted by Gasteiger charge is -2.08. The minimum absolute atomic E-state index is 0.0231. The van der Waals surface area contributed by atoms with Gasteiger partial charge in [0.15, 0.2) is 0 Å². The van der Waals surface area contributed by atoms with Gasteiger partial charge in [0.25, 0.3) is 0 Å². The van der Waals surface area contributed by atoms with Crippen LogP contribution in [0, 0.1) is 0 Å². The van der Waals surface area contributed by atoms with E-state index in [1.54, 1.807) is 0 Å². The Morgan fingerprint density at radius 1 is 0.952 bits per heavy atom. The molecule has 0 aromatic heterocycles. The Morgan fingerprint density at radius 2 is 1.52 bits per heavy atom. The molecule has 0 bridgehead atoms. The Morgan fingerprint density at radius 3 is 2.05 bits per heavy atom. The highest BCUT2D eigenvalue weighted by atomic mass is 16.5. The van der Waals surface area contributed by atoms with Crippen LogP contribution >= 0.6 is 0 Å². The molecule has 0 saturated carbocycles. The van der Waals surface area contributed by atoms with Crippen LogP contribution in [0.1, 0.15) is 46.5 Å². The van der Waals surface area contributed by atoms with Crippen molar-refractivity contribution in [2.75, 3.05) is 32.8 Å². The van der Waals surface area contributed by atoms with Crippen molar-refractivity contribution < 1.29 is 14.3 Å². The molecule has 0 radical (unpaired) electrons. The average Bonchev–Trinajstić information content (AvgIpc) is 2.44. The predicted octanol–water partition coefficient (Wildman–Crippen LogP) is 0.814. The number of hydrogen-bond donors (Lipinski definition) is 3. The summed E-state index contributed by atoms with van der Waals surface area (Å²) >= 11 is 0. The number of hydrogen-bond acceptors (Lipinski definition) is 4. The summed E-state index contributed by atoms with van der Waals surface area (Å²) in [6, 6.07) is 0. The molecule has 21 heavy (non-hydrogen) atoms. The Hall–Kier alpha value is -1.14. The summed E-state index contributed by atoms with van der Waals surface area (Å²) in [6.07, 6.45) is 2.61. The second-order valence-electron chi connectivity index (χ2n) is 5.18. The highest BCUT2D eigenvalue weighted by molar-refractivity contribution is 5.77. The zero-order valence-electron chi connectivity index (χ0n) is 13.7. The molecule has 0 unspecified atom stereocenters. The van der Waals surface area contributed by atoms with Crippen LogP contribution in [0.4, 0.5) is 0 Å². The second-order valence-corrected chi connectivity index (χ2v) is 5.18. The van der Waals surface area contributed by atoms with Gasteiger partial charge in [-0.2, -0.15) is 0 Å². The average molecular weight is 301 g/mol. The highest BCUT2D eigenvalue weighted by Gasteiger charge is 2.03. The van der Waals surface area contributed by atoms with E-state index in [0.717, 1.165) is 25.9 Å². The summed E-state index contributed by atoms with van der Waals surface area (Å²) in [6.45, 7) is 9.40. The van der Waals surface area contributed by atoms with E-state index in [9.17, 15) is 9.59 Å². The topological polar surface area (TPSA) is 79.5 Å². The van der Waals surface area contributed by atoms with Crippen LogP contribution in [0.2, 0.25) is 0 Å². The monoisotopic (exact) mass is 301 g/mol. The predicted molar refractivity (Wildman–Crippen MR) is 84.1 cm³/mol. The van der Waals surface area contributed by atoms with Gasteiger partial charge in [0, 0.05) is 32.5 Å². The van der Waals surface area contributed by atoms with Gasteiger partial charge in [-0.3, -0.25) is 9.59 Å². The molecule has 124 valence electrons. The van der Waals surface area contributed by atoms with E-state index in [1.165, 1.54) is 0 Å². The fraction of sp³-hybridized carbons (Fsp3) is 0.867. The van der Waals surface area contributed by atoms with E-state index in [2.05, 4.69) is 16.0 Å². The Labute approximate surface area is 128 Å². The van der Waals surface area contributed by atoms with Crippen LogP contribution in [0.15, 0.2) is 0 Å². The van der Waals surface area contributed by atoms with E-state index in [0.29, 0.717) is 32.5 Å². The number of rotatable bonds is 13. The molecule has 0 aliphatic heterocycles. The first-order chi connectivity index (χ1) is 10.1. The second kappa shape index (κ2) is 13.8. The minimum Gasteiger partial charge on any atom is -0.377 e. The molecule has 0 saturated heterocycles. The number of amides is 2. The first-order valence-electron chi connectivity index (χ1n) is 7.92. The molecule has 0 aromatic carbocycles. The first kappa shape index (κ1) is 19.9. The summed E-state index contributed by atoms with van der Waals surface area (Å²) in [7, 11) is 0. The van der Waals surface area contributed by atoms with E-state index in [4.69, 9.17) is 4.74 Å². The number of unbranched alkanes of at least 4 members (excludes halogenated alkanes) is 1. The molecule has 3 N–H and O–H groups in total. The molecule has 0 aromatic rings. The van der Waals surface area contributed by atoms with Crippen molar-refractivity contribution in [3.63, 3.8) is 0 Å². The van der Waals surface area contributed by atoms with Crippen molar-refractivity contribution in [3.05, 3.63) is 0 Å². The van der Waals surface area contributed by atoms with Gasteiger partial charge in [-0.25, -0.2) is 0 Å². The lowest BCUT2D eigenvalue weighted by Crippen LogP contribution is -2.31. The quantitative estimate of drug-likeness (QED) is 0.440. The molecule has 6 heteroatoms. The fourth-order valence-electron chi connectivity index (χ4n) is 1.70. The Bertz CT molecular complexity index is 283. The summed E-state index contributed by atoms with van der Waals surface area (Å²) in [5.41, 5.74) is 0. The van der Waals surface area contributed by atoms with E-state index in [1.807, 2.05) is 20.8 Å². The van der Waals surface area contributed by atoms with Gasteiger partial charge >= 0.3 is 0 Å². The maximum Gasteiger partial charge on any atom is 0.220 e. The van der Waals surface area contributed by atoms with E-state index < -0.39 is 0 Å². The summed E-state index contributed by atoms with van der Waals surface area (Å²) in [5.74, 6) is 0.0774. The molecule has 0 atom stereocenters. The molecule has 0 aliphatic rings. The van der Waals surface area contributed by atoms with Crippen molar-refractivity contribution >= 4 is 11.8 Å². The minimum atomic E-state index is 0.0231. The van der Waals surface area contributed by atoms with Crippen LogP contribution in [0.25, 0.3) is 0 Å². The summed E-state index contributed by atoms with van der Waals surface area (Å²) < 4.78 is 5.33. The number of carbonyl (C=O) groups excluding carboxylic acids is 2. The first-order valence-corrected chi connectivity index (χ1v) is 7.92. The zero-order valence-corrected chi connectivity index (χ0v) is 13.7. The van der Waals surface area contributed by atoms with Crippen LogP contribution in [-0.4, -0.2) is 50.7 Å². The van der Waals surface area contributed by atoms with E-state index >= 15 is 0 Å². The Balaban J connectivity index is 3.36. The molecular weight excluding hydrogens is 270 g/mol. The number of likely N-dealkylation sites (N-methyl/N-ethyl adjacent to an activating group) is 1. The summed E-state index contributed by atoms with van der Waals surface area (Å²) in [5, 5.41) is 8.78. The zero-order chi connectivity index (χ0) is 15.9. The van der Waals surface area contributed by atoms with Gasteiger partial charge in [0.1, 0.15) is 0 Å². The largest absolute Gasteiger partial charge is 0.377 e. The molecule has 2 amide bonds. The SMILES string of the molecule is CCNCCNC(=O)CCCCC(=O)NCCOC(C)C. The van der Waals surface area contributed by atoms with Gasteiger partial charge in [0.05, 0.1) is 12.7 Å². The van der Waals surface area contributed by atoms with Crippen LogP contribution in [0.3, 0.4) is 0 Å². The number of carbonyl (C=O) groups is 2. The van der Waals surface area contributed by atoms with Gasteiger partial charge in [-0.1, -0.05) is 6.92 Å². The van der Waals surface area contributed by atoms with Crippen molar-refractivity contribution in [2.24, 2.45) is 0 Å². The maximum atomic E-state index is 11.5. The van der Waals surface area contributed by atoms with Crippen LogP contribution in [0.5, 0.6) is 0 Å². The van der Waals surface area contributed by atoms with Crippen molar-refractivity contribution in [1.29, 1.82) is 0 Å². The standard InChI is InChI=1S/C15H31N3O3/c1-4-16-9-10-17-14(19)7-5-6-8-15(20)18-11-12-21-13(2)3/h13,16H,4-12H2,1-3H3,(H,17,19)(H,18,20). The van der Waals surface area contributed by atoms with Gasteiger partial charge in [-0.05, 0) is 33.2 Å². The van der Waals surface area contributed by atoms with Crippen molar-refractivity contribution in [1.82, 2.24) is 16.0 Å². The number of nitrogens with one attached hydrogen (secondary N) is 3. The lowest BCUT2D eigenvalue weighted by molar-refractivity contribution is -0.123. The lowest BCUT2D eigenvalue weighted by atomic mass is 10.2. The molecule has 0 aliphatic carbocycles. The van der Waals surface area contributed by atoms with Gasteiger partial charge in [0.2, 0.25) is 11.8 Å². The highest BCUT2D eigenvalue weighted by Crippen LogP contribution is 1.99. The van der Waals surface area contributed by atoms with Crippen molar-refractivity contribution in [2.45, 2.75) is 52.6 Å². The molecule has 0 rings (SSSR count). The molecular formula is C15H31N3O3. The molecule has 6 nitrogen and oxygen atoms in total. The molecule has 0 fully saturated rings. The van der Waals surface area contributed by atoms with Crippen LogP contribution < -0.4 is 16.0 Å². The van der Waals surface area contributed by atoms with Crippen LogP contribution in [-0.2, 0) is 14.3 Å². The third-order valence-corrected chi connectivity index (χ3v) is 2.81. The normalized spacial score (nSPS) is 10.7. The number of ether oxygens (including phenoxy) is 1. The Kier molecular flexibility index (Phi) is 13.1. The molecule has 0 spiro atoms. The van der Waals surface area contributed by atoms with Crippen molar-refractivity contribution in [3.8, 4) is 0 Å². The van der Waals surface area contributed by atoms with Gasteiger partial charge in [-0.15, -0.1) is 0 Å². The van der Waals surface area contributed by atoms with E-state index in [-0.39, 0.29) is 17.9 Å². The fourth-order valence-corrected chi connectivity index (χ4v) is 1.70. The summed E-state index contributed by atoms with van der Waals surface area (Å²) in [4.78, 5) is 23.0. The third-order valence-electron chi connectivity index (χ3n) is 2.81. The molecule has 0 heterocycles. The van der Waals surface area contributed by atoms with Gasteiger partial charge < -0.3 is 20.7 Å². The third kappa shape index (κ3) is 15.1. The smallest absolute Gasteiger partial charge is 0.220 e. The maximum absolute atomic E-state index is 11.5.